The normalized spacial score (nSPS) is 11.9. The zero-order chi connectivity index (χ0) is 21.7. The van der Waals surface area contributed by atoms with E-state index in [2.05, 4.69) is 20.2 Å². The van der Waals surface area contributed by atoms with Gasteiger partial charge >= 0.3 is 0 Å². The molecule has 1 aromatic heterocycles. The van der Waals surface area contributed by atoms with Crippen LogP contribution in [0.3, 0.4) is 0 Å². The summed E-state index contributed by atoms with van der Waals surface area (Å²) >= 11 is 1.50. The lowest BCUT2D eigenvalue weighted by molar-refractivity contribution is -0.120. The lowest BCUT2D eigenvalue weighted by atomic mass is 10.1. The van der Waals surface area contributed by atoms with Crippen molar-refractivity contribution in [3.05, 3.63) is 75.7 Å². The van der Waals surface area contributed by atoms with Crippen LogP contribution in [0.2, 0.25) is 0 Å². The Hall–Kier alpha value is -3.04. The molecule has 0 saturated carbocycles. The molecule has 0 saturated heterocycles. The van der Waals surface area contributed by atoms with Gasteiger partial charge in [0.05, 0.1) is 27.7 Å². The van der Waals surface area contributed by atoms with Crippen molar-refractivity contribution >= 4 is 38.7 Å². The van der Waals surface area contributed by atoms with Crippen molar-refractivity contribution in [2.45, 2.75) is 32.1 Å². The number of nitrogens with one attached hydrogen (secondary N) is 2. The van der Waals surface area contributed by atoms with Gasteiger partial charge in [0, 0.05) is 11.1 Å². The molecule has 3 rings (SSSR count). The van der Waals surface area contributed by atoms with Gasteiger partial charge in [-0.15, -0.1) is 11.3 Å². The molecule has 2 N–H and O–H groups in total. The molecule has 7 nitrogen and oxygen atoms in total. The van der Waals surface area contributed by atoms with Crippen LogP contribution in [0.5, 0.6) is 0 Å². The quantitative estimate of drug-likeness (QED) is 0.431. The van der Waals surface area contributed by atoms with E-state index in [1.54, 1.807) is 55.5 Å². The summed E-state index contributed by atoms with van der Waals surface area (Å²) in [5.41, 5.74) is 6.03. The fourth-order valence-corrected chi connectivity index (χ4v) is 4.29. The predicted octanol–water partition coefficient (Wildman–Crippen LogP) is 3.64. The molecule has 0 unspecified atom stereocenters. The zero-order valence-corrected chi connectivity index (χ0v) is 18.5. The standard InChI is InChI=1S/C21H22N4O3S2/c1-14-4-10-20(11-5-14)30(27,28)25-18-8-6-17(7-9-18)15(2)23-24-21(26)12-19-13-29-16(3)22-19/h4-11,13,25H,12H2,1-3H3,(H,24,26)/b23-15+. The fourth-order valence-electron chi connectivity index (χ4n) is 2.62. The minimum atomic E-state index is -3.66. The van der Waals surface area contributed by atoms with Crippen LogP contribution in [0.4, 0.5) is 5.69 Å². The van der Waals surface area contributed by atoms with Crippen molar-refractivity contribution in [1.82, 2.24) is 10.4 Å². The zero-order valence-electron chi connectivity index (χ0n) is 16.8. The Balaban J connectivity index is 1.62. The van der Waals surface area contributed by atoms with Gasteiger partial charge in [0.25, 0.3) is 10.0 Å². The Kier molecular flexibility index (Phi) is 6.63. The Morgan fingerprint density at radius 3 is 2.33 bits per heavy atom. The molecule has 0 bridgehead atoms. The number of rotatable bonds is 7. The first-order chi connectivity index (χ1) is 14.2. The maximum absolute atomic E-state index is 12.5. The number of hydrogen-bond acceptors (Lipinski definition) is 6. The number of hydrogen-bond donors (Lipinski definition) is 2. The number of carbonyl (C=O) groups is 1. The van der Waals surface area contributed by atoms with E-state index in [1.165, 1.54) is 11.3 Å². The van der Waals surface area contributed by atoms with Gasteiger partial charge in [-0.3, -0.25) is 9.52 Å². The number of benzene rings is 2. The minimum Gasteiger partial charge on any atom is -0.280 e. The SMILES string of the molecule is C/C(=N\NC(=O)Cc1csc(C)n1)c1ccc(NS(=O)(=O)c2ccc(C)cc2)cc1. The summed E-state index contributed by atoms with van der Waals surface area (Å²) in [6, 6.07) is 13.4. The first kappa shape index (κ1) is 21.7. The summed E-state index contributed by atoms with van der Waals surface area (Å²) in [5.74, 6) is -0.248. The third-order valence-corrected chi connectivity index (χ3v) is 6.46. The van der Waals surface area contributed by atoms with Crippen LogP contribution < -0.4 is 10.1 Å². The third-order valence-electron chi connectivity index (χ3n) is 4.24. The molecule has 9 heteroatoms. The molecule has 0 atom stereocenters. The van der Waals surface area contributed by atoms with Crippen molar-refractivity contribution in [1.29, 1.82) is 0 Å². The van der Waals surface area contributed by atoms with Gasteiger partial charge in [0.1, 0.15) is 0 Å². The number of anilines is 1. The smallest absolute Gasteiger partial charge is 0.261 e. The molecule has 156 valence electrons. The number of thiazole rings is 1. The molecule has 0 aliphatic carbocycles. The molecule has 0 aliphatic heterocycles. The fraction of sp³-hybridized carbons (Fsp3) is 0.190. The van der Waals surface area contributed by atoms with Crippen LogP contribution in [0, 0.1) is 13.8 Å². The summed E-state index contributed by atoms with van der Waals surface area (Å²) < 4.78 is 27.5. The van der Waals surface area contributed by atoms with E-state index in [-0.39, 0.29) is 17.2 Å². The highest BCUT2D eigenvalue weighted by molar-refractivity contribution is 7.92. The first-order valence-electron chi connectivity index (χ1n) is 9.17. The average Bonchev–Trinajstić information content (AvgIpc) is 3.11. The van der Waals surface area contributed by atoms with E-state index in [1.807, 2.05) is 19.2 Å². The van der Waals surface area contributed by atoms with Gasteiger partial charge in [-0.05, 0) is 50.6 Å². The van der Waals surface area contributed by atoms with E-state index < -0.39 is 10.0 Å². The molecular formula is C21H22N4O3S2. The molecule has 30 heavy (non-hydrogen) atoms. The van der Waals surface area contributed by atoms with E-state index >= 15 is 0 Å². The van der Waals surface area contributed by atoms with Crippen LogP contribution in [0.25, 0.3) is 0 Å². The van der Waals surface area contributed by atoms with Crippen LogP contribution in [0.15, 0.2) is 63.9 Å². The van der Waals surface area contributed by atoms with E-state index in [0.29, 0.717) is 17.1 Å². The van der Waals surface area contributed by atoms with Crippen molar-refractivity contribution in [2.75, 3.05) is 4.72 Å². The molecule has 0 fully saturated rings. The topological polar surface area (TPSA) is 101 Å². The van der Waals surface area contributed by atoms with Crippen LogP contribution >= 0.6 is 11.3 Å². The van der Waals surface area contributed by atoms with Crippen molar-refractivity contribution in [2.24, 2.45) is 5.10 Å². The Morgan fingerprint density at radius 1 is 1.07 bits per heavy atom. The second-order valence-electron chi connectivity index (χ2n) is 6.76. The average molecular weight is 443 g/mol. The Morgan fingerprint density at radius 2 is 1.73 bits per heavy atom. The summed E-state index contributed by atoms with van der Waals surface area (Å²) in [4.78, 5) is 16.4. The maximum atomic E-state index is 12.5. The molecule has 2 aromatic carbocycles. The summed E-state index contributed by atoms with van der Waals surface area (Å²) in [6.45, 7) is 5.55. The van der Waals surface area contributed by atoms with Crippen LogP contribution in [-0.4, -0.2) is 25.0 Å². The molecule has 1 amide bonds. The largest absolute Gasteiger partial charge is 0.280 e. The lowest BCUT2D eigenvalue weighted by Crippen LogP contribution is -2.21. The van der Waals surface area contributed by atoms with E-state index in [4.69, 9.17) is 0 Å². The number of carbonyl (C=O) groups excluding carboxylic acids is 1. The van der Waals surface area contributed by atoms with Crippen molar-refractivity contribution in [3.8, 4) is 0 Å². The highest BCUT2D eigenvalue weighted by Gasteiger charge is 2.14. The minimum absolute atomic E-state index is 0.168. The van der Waals surface area contributed by atoms with Gasteiger partial charge in [-0.1, -0.05) is 29.8 Å². The molecule has 0 radical (unpaired) electrons. The number of sulfonamides is 1. The van der Waals surface area contributed by atoms with E-state index in [9.17, 15) is 13.2 Å². The van der Waals surface area contributed by atoms with Gasteiger partial charge in [0.15, 0.2) is 0 Å². The maximum Gasteiger partial charge on any atom is 0.261 e. The second-order valence-corrected chi connectivity index (χ2v) is 9.51. The highest BCUT2D eigenvalue weighted by Crippen LogP contribution is 2.17. The van der Waals surface area contributed by atoms with E-state index in [0.717, 1.165) is 16.1 Å². The highest BCUT2D eigenvalue weighted by atomic mass is 32.2. The van der Waals surface area contributed by atoms with Crippen LogP contribution in [0.1, 0.15) is 28.8 Å². The van der Waals surface area contributed by atoms with Gasteiger partial charge in [-0.25, -0.2) is 18.8 Å². The first-order valence-corrected chi connectivity index (χ1v) is 11.5. The molecule has 0 spiro atoms. The molecular weight excluding hydrogens is 420 g/mol. The summed E-state index contributed by atoms with van der Waals surface area (Å²) in [7, 11) is -3.66. The van der Waals surface area contributed by atoms with Gasteiger partial charge < -0.3 is 0 Å². The number of nitrogens with zero attached hydrogens (tertiary/aromatic N) is 2. The molecule has 1 heterocycles. The lowest BCUT2D eigenvalue weighted by Gasteiger charge is -2.09. The molecule has 0 aliphatic rings. The van der Waals surface area contributed by atoms with Crippen LogP contribution in [-0.2, 0) is 21.2 Å². The molecule has 3 aromatic rings. The van der Waals surface area contributed by atoms with Gasteiger partial charge in [0.2, 0.25) is 5.91 Å². The Bertz CT molecular complexity index is 1170. The van der Waals surface area contributed by atoms with Gasteiger partial charge in [-0.2, -0.15) is 5.10 Å². The number of hydrazone groups is 1. The number of aryl methyl sites for hydroxylation is 2. The Labute approximate surface area is 179 Å². The summed E-state index contributed by atoms with van der Waals surface area (Å²) in [5, 5.41) is 6.87. The number of amides is 1. The third kappa shape index (κ3) is 5.74. The second kappa shape index (κ2) is 9.19. The van der Waals surface area contributed by atoms with Crippen molar-refractivity contribution in [3.63, 3.8) is 0 Å². The number of aromatic nitrogens is 1. The summed E-state index contributed by atoms with van der Waals surface area (Å²) in [6.07, 6.45) is 0.168. The predicted molar refractivity (Wildman–Crippen MR) is 119 cm³/mol. The van der Waals surface area contributed by atoms with Crippen molar-refractivity contribution < 1.29 is 13.2 Å². The monoisotopic (exact) mass is 442 g/mol.